The van der Waals surface area contributed by atoms with E-state index in [-0.39, 0.29) is 28.9 Å². The highest BCUT2D eigenvalue weighted by atomic mass is 28.4. The number of amides is 1. The molecule has 1 aromatic carbocycles. The van der Waals surface area contributed by atoms with Crippen molar-refractivity contribution in [3.8, 4) is 0 Å². The molecule has 0 radical (unpaired) electrons. The van der Waals surface area contributed by atoms with Crippen LogP contribution in [0.1, 0.15) is 66.4 Å². The van der Waals surface area contributed by atoms with E-state index < -0.39 is 8.32 Å². The van der Waals surface area contributed by atoms with Gasteiger partial charge >= 0.3 is 0 Å². The number of rotatable bonds is 8. The van der Waals surface area contributed by atoms with Crippen LogP contribution in [0.2, 0.25) is 18.1 Å². The van der Waals surface area contributed by atoms with Crippen LogP contribution in [0.3, 0.4) is 0 Å². The van der Waals surface area contributed by atoms with E-state index in [2.05, 4.69) is 58.1 Å². The van der Waals surface area contributed by atoms with Crippen molar-refractivity contribution in [2.75, 3.05) is 26.3 Å². The molecule has 2 rings (SSSR count). The van der Waals surface area contributed by atoms with Crippen molar-refractivity contribution in [3.05, 3.63) is 35.9 Å². The monoisotopic (exact) mass is 435 g/mol. The van der Waals surface area contributed by atoms with E-state index in [9.17, 15) is 4.79 Å². The van der Waals surface area contributed by atoms with Gasteiger partial charge in [0.2, 0.25) is 5.91 Å². The Balaban J connectivity index is 0.00000218. The Bertz CT molecular complexity index is 627. The summed E-state index contributed by atoms with van der Waals surface area (Å²) in [4.78, 5) is 14.4. The Hall–Kier alpha value is -1.17. The summed E-state index contributed by atoms with van der Waals surface area (Å²) in [6, 6.07) is 10.6. The average Bonchev–Trinajstić information content (AvgIpc) is 3.17. The third-order valence-electron chi connectivity index (χ3n) is 6.52. The van der Waals surface area contributed by atoms with Gasteiger partial charge in [-0.2, -0.15) is 0 Å². The van der Waals surface area contributed by atoms with Crippen LogP contribution in [0.25, 0.3) is 0 Å². The molecule has 0 aromatic heterocycles. The minimum atomic E-state index is -1.86. The molecule has 1 heterocycles. The molecule has 0 spiro atoms. The molecule has 30 heavy (non-hydrogen) atoms. The number of carbonyl (C=O) groups excluding carboxylic acids is 1. The second-order valence-electron chi connectivity index (χ2n) is 9.40. The molecule has 4 nitrogen and oxygen atoms in total. The van der Waals surface area contributed by atoms with Crippen molar-refractivity contribution in [2.24, 2.45) is 5.92 Å². The molecule has 0 aliphatic carbocycles. The summed E-state index contributed by atoms with van der Waals surface area (Å²) < 4.78 is 12.7. The van der Waals surface area contributed by atoms with Gasteiger partial charge in [0.1, 0.15) is 0 Å². The molecule has 5 heteroatoms. The van der Waals surface area contributed by atoms with E-state index in [1.807, 2.05) is 38.7 Å². The minimum absolute atomic E-state index is 0.000938. The molecule has 1 saturated heterocycles. The van der Waals surface area contributed by atoms with Crippen LogP contribution in [0.15, 0.2) is 30.3 Å². The first-order chi connectivity index (χ1) is 14.1. The van der Waals surface area contributed by atoms with Crippen molar-refractivity contribution < 1.29 is 14.0 Å². The van der Waals surface area contributed by atoms with Crippen LogP contribution in [0.4, 0.5) is 0 Å². The molecule has 1 amide bonds. The molecular formula is C25H45NO3Si. The molecule has 0 saturated carbocycles. The zero-order valence-corrected chi connectivity index (χ0v) is 21.8. The molecule has 1 fully saturated rings. The summed E-state index contributed by atoms with van der Waals surface area (Å²) in [5, 5.41) is 0.169. The fraction of sp³-hybridized carbons (Fsp3) is 0.720. The largest absolute Gasteiger partial charge is 0.414 e. The average molecular weight is 436 g/mol. The second kappa shape index (κ2) is 12.0. The van der Waals surface area contributed by atoms with E-state index >= 15 is 0 Å². The van der Waals surface area contributed by atoms with Gasteiger partial charge in [-0.15, -0.1) is 0 Å². The van der Waals surface area contributed by atoms with E-state index in [1.54, 1.807) is 0 Å². The van der Waals surface area contributed by atoms with Gasteiger partial charge < -0.3 is 14.1 Å². The number of hydrogen-bond donors (Lipinski definition) is 0. The Morgan fingerprint density at radius 3 is 2.23 bits per heavy atom. The van der Waals surface area contributed by atoms with Crippen molar-refractivity contribution in [1.29, 1.82) is 0 Å². The lowest BCUT2D eigenvalue weighted by Crippen LogP contribution is -2.45. The predicted octanol–water partition coefficient (Wildman–Crippen LogP) is 6.09. The first kappa shape index (κ1) is 26.9. The topological polar surface area (TPSA) is 38.8 Å². The lowest BCUT2D eigenvalue weighted by Gasteiger charge is -2.38. The van der Waals surface area contributed by atoms with Crippen molar-refractivity contribution in [1.82, 2.24) is 4.90 Å². The molecule has 1 aliphatic rings. The molecule has 0 unspecified atom stereocenters. The summed E-state index contributed by atoms with van der Waals surface area (Å²) >= 11 is 0. The molecule has 0 bridgehead atoms. The highest BCUT2D eigenvalue weighted by Crippen LogP contribution is 2.39. The zero-order valence-electron chi connectivity index (χ0n) is 20.8. The van der Waals surface area contributed by atoms with Gasteiger partial charge in [0, 0.05) is 38.0 Å². The van der Waals surface area contributed by atoms with Gasteiger partial charge in [0.15, 0.2) is 8.32 Å². The Labute approximate surface area is 186 Å². The quantitative estimate of drug-likeness (QED) is 0.464. The van der Waals surface area contributed by atoms with Crippen molar-refractivity contribution >= 4 is 14.2 Å². The molecular weight excluding hydrogens is 390 g/mol. The summed E-state index contributed by atoms with van der Waals surface area (Å²) in [7, 11) is -1.86. The van der Waals surface area contributed by atoms with Crippen molar-refractivity contribution in [2.45, 2.75) is 85.0 Å². The van der Waals surface area contributed by atoms with Gasteiger partial charge in [-0.05, 0) is 30.6 Å². The normalized spacial score (nSPS) is 20.5. The van der Waals surface area contributed by atoms with Crippen LogP contribution in [0.5, 0.6) is 0 Å². The maximum absolute atomic E-state index is 12.4. The van der Waals surface area contributed by atoms with Crippen LogP contribution >= 0.6 is 0 Å². The van der Waals surface area contributed by atoms with Gasteiger partial charge in [0.05, 0.1) is 12.7 Å². The highest BCUT2D eigenvalue weighted by molar-refractivity contribution is 6.74. The smallest absolute Gasteiger partial charge is 0.222 e. The van der Waals surface area contributed by atoms with E-state index in [1.165, 1.54) is 5.56 Å². The summed E-state index contributed by atoms with van der Waals surface area (Å²) in [5.74, 6) is 0.767. The SMILES string of the molecule is CC.CCO[C@@H](CO[Si](C)(C)C(C)(C)C)[C@H]1CN(C(=O)CC)C[C@@H]1c1ccccc1. The second-order valence-corrected chi connectivity index (χ2v) is 14.2. The Morgan fingerprint density at radius 2 is 1.73 bits per heavy atom. The van der Waals surface area contributed by atoms with E-state index in [0.29, 0.717) is 19.6 Å². The third kappa shape index (κ3) is 6.93. The summed E-state index contributed by atoms with van der Waals surface area (Å²) in [6.07, 6.45) is 0.549. The van der Waals surface area contributed by atoms with Gasteiger partial charge in [0.25, 0.3) is 0 Å². The lowest BCUT2D eigenvalue weighted by atomic mass is 9.85. The van der Waals surface area contributed by atoms with E-state index in [4.69, 9.17) is 9.16 Å². The predicted molar refractivity (Wildman–Crippen MR) is 129 cm³/mol. The minimum Gasteiger partial charge on any atom is -0.414 e. The fourth-order valence-corrected chi connectivity index (χ4v) is 4.72. The molecule has 0 N–H and O–H groups in total. The van der Waals surface area contributed by atoms with E-state index in [0.717, 1.165) is 13.1 Å². The molecule has 3 atom stereocenters. The number of likely N-dealkylation sites (tertiary alicyclic amines) is 1. The van der Waals surface area contributed by atoms with Crippen LogP contribution in [-0.2, 0) is 14.0 Å². The Kier molecular flexibility index (Phi) is 10.8. The zero-order chi connectivity index (χ0) is 22.9. The third-order valence-corrected chi connectivity index (χ3v) is 11.0. The van der Waals surface area contributed by atoms with Crippen LogP contribution < -0.4 is 0 Å². The maximum Gasteiger partial charge on any atom is 0.222 e. The van der Waals surface area contributed by atoms with Gasteiger partial charge in [-0.1, -0.05) is 71.9 Å². The van der Waals surface area contributed by atoms with Gasteiger partial charge in [-0.25, -0.2) is 0 Å². The van der Waals surface area contributed by atoms with Crippen LogP contribution in [0, 0.1) is 5.92 Å². The summed E-state index contributed by atoms with van der Waals surface area (Å²) in [5.41, 5.74) is 1.29. The molecule has 1 aromatic rings. The molecule has 1 aliphatic heterocycles. The first-order valence-electron chi connectivity index (χ1n) is 11.7. The van der Waals surface area contributed by atoms with Crippen molar-refractivity contribution in [3.63, 3.8) is 0 Å². The Morgan fingerprint density at radius 1 is 1.13 bits per heavy atom. The number of ether oxygens (including phenoxy) is 1. The lowest BCUT2D eigenvalue weighted by molar-refractivity contribution is -0.130. The number of carbonyl (C=O) groups is 1. The fourth-order valence-electron chi connectivity index (χ4n) is 3.70. The van der Waals surface area contributed by atoms with Crippen LogP contribution in [-0.4, -0.2) is 51.5 Å². The summed E-state index contributed by atoms with van der Waals surface area (Å²) in [6.45, 7) is 22.1. The highest BCUT2D eigenvalue weighted by Gasteiger charge is 2.43. The number of benzene rings is 1. The maximum atomic E-state index is 12.4. The van der Waals surface area contributed by atoms with Gasteiger partial charge in [-0.3, -0.25) is 4.79 Å². The number of nitrogens with zero attached hydrogens (tertiary/aromatic N) is 1. The molecule has 172 valence electrons. The first-order valence-corrected chi connectivity index (χ1v) is 14.6. The number of hydrogen-bond acceptors (Lipinski definition) is 3. The standard InChI is InChI=1S/C23H39NO3Si.C2H6/c1-8-22(25)24-15-19(18-13-11-10-12-14-18)20(16-24)21(26-9-2)17-27-28(6,7)23(3,4)5;1-2/h10-14,19-21H,8-9,15-17H2,1-7H3;1-2H3/t19-,20+,21+;/m1./s1.